The van der Waals surface area contributed by atoms with Gasteiger partial charge in [0.2, 0.25) is 0 Å². The molecule has 0 aliphatic rings. The predicted octanol–water partition coefficient (Wildman–Crippen LogP) is 3.63. The number of carbonyl (C=O) groups is 1. The molecule has 0 aromatic heterocycles. The maximum absolute atomic E-state index is 13.3. The maximum Gasteiger partial charge on any atom is 0.252 e. The summed E-state index contributed by atoms with van der Waals surface area (Å²) in [4.78, 5) is 10.9. The minimum atomic E-state index is -0.617. The Balaban J connectivity index is 2.70. The Morgan fingerprint density at radius 1 is 1.50 bits per heavy atom. The molecule has 0 atom stereocenters. The Kier molecular flexibility index (Phi) is 4.74. The van der Waals surface area contributed by atoms with Gasteiger partial charge < -0.3 is 4.74 Å². The molecule has 0 saturated heterocycles. The SMILES string of the molecule is CC(C)CCOc1cc(C(=O)Cl)ccc1F. The quantitative estimate of drug-likeness (QED) is 0.740. The largest absolute Gasteiger partial charge is 0.490 e. The zero-order valence-electron chi connectivity index (χ0n) is 9.30. The van der Waals surface area contributed by atoms with Crippen LogP contribution in [0.15, 0.2) is 18.2 Å². The number of rotatable bonds is 5. The number of hydrogen-bond donors (Lipinski definition) is 0. The van der Waals surface area contributed by atoms with Crippen LogP contribution in [0.25, 0.3) is 0 Å². The van der Waals surface area contributed by atoms with Crippen molar-refractivity contribution in [3.05, 3.63) is 29.6 Å². The second-order valence-electron chi connectivity index (χ2n) is 3.95. The normalized spacial score (nSPS) is 10.6. The first-order valence-corrected chi connectivity index (χ1v) is 5.50. The van der Waals surface area contributed by atoms with E-state index in [-0.39, 0.29) is 11.3 Å². The fourth-order valence-electron chi connectivity index (χ4n) is 1.14. The maximum atomic E-state index is 13.3. The molecule has 0 N–H and O–H groups in total. The molecule has 0 fully saturated rings. The molecule has 0 bridgehead atoms. The molecule has 0 unspecified atom stereocenters. The van der Waals surface area contributed by atoms with E-state index in [1.165, 1.54) is 18.2 Å². The number of hydrogen-bond acceptors (Lipinski definition) is 2. The summed E-state index contributed by atoms with van der Waals surface area (Å²) in [5.74, 6) is 0.0819. The van der Waals surface area contributed by atoms with Crippen molar-refractivity contribution in [1.82, 2.24) is 0 Å². The molecule has 0 heterocycles. The molecule has 1 rings (SSSR count). The molecule has 2 nitrogen and oxygen atoms in total. The zero-order chi connectivity index (χ0) is 12.1. The molecule has 1 aromatic carbocycles. The van der Waals surface area contributed by atoms with E-state index in [4.69, 9.17) is 16.3 Å². The Morgan fingerprint density at radius 2 is 2.19 bits per heavy atom. The number of carbonyl (C=O) groups excluding carboxylic acids is 1. The lowest BCUT2D eigenvalue weighted by molar-refractivity contribution is 0.108. The first-order chi connectivity index (χ1) is 7.50. The van der Waals surface area contributed by atoms with Gasteiger partial charge in [-0.3, -0.25) is 4.79 Å². The molecular weight excluding hydrogens is 231 g/mol. The lowest BCUT2D eigenvalue weighted by Gasteiger charge is -2.09. The van der Waals surface area contributed by atoms with E-state index in [1.807, 2.05) is 0 Å². The summed E-state index contributed by atoms with van der Waals surface area (Å²) in [5, 5.41) is -0.617. The minimum Gasteiger partial charge on any atom is -0.490 e. The van der Waals surface area contributed by atoms with Crippen LogP contribution in [0.1, 0.15) is 30.6 Å². The third-order valence-corrected chi connectivity index (χ3v) is 2.33. The van der Waals surface area contributed by atoms with Gasteiger partial charge in [-0.1, -0.05) is 13.8 Å². The first-order valence-electron chi connectivity index (χ1n) is 5.13. The second kappa shape index (κ2) is 5.85. The Hall–Kier alpha value is -1.09. The van der Waals surface area contributed by atoms with Crippen LogP contribution in [0.3, 0.4) is 0 Å². The lowest BCUT2D eigenvalue weighted by Crippen LogP contribution is -2.03. The highest BCUT2D eigenvalue weighted by molar-refractivity contribution is 6.67. The average molecular weight is 245 g/mol. The molecule has 4 heteroatoms. The molecule has 88 valence electrons. The summed E-state index contributed by atoms with van der Waals surface area (Å²) in [6.45, 7) is 4.53. The fraction of sp³-hybridized carbons (Fsp3) is 0.417. The molecular formula is C12H14ClFO2. The zero-order valence-corrected chi connectivity index (χ0v) is 10.1. The molecule has 0 aliphatic carbocycles. The lowest BCUT2D eigenvalue weighted by atomic mass is 10.1. The van der Waals surface area contributed by atoms with Crippen molar-refractivity contribution in [2.45, 2.75) is 20.3 Å². The summed E-state index contributed by atoms with van der Waals surface area (Å²) in [6.07, 6.45) is 0.832. The molecule has 0 radical (unpaired) electrons. The van der Waals surface area contributed by atoms with Gasteiger partial charge in [-0.25, -0.2) is 4.39 Å². The van der Waals surface area contributed by atoms with Gasteiger partial charge in [0.1, 0.15) is 0 Å². The molecule has 16 heavy (non-hydrogen) atoms. The summed E-state index contributed by atoms with van der Waals surface area (Å²) < 4.78 is 18.5. The van der Waals surface area contributed by atoms with Gasteiger partial charge in [-0.15, -0.1) is 0 Å². The first kappa shape index (κ1) is 13.0. The van der Waals surface area contributed by atoms with E-state index in [0.717, 1.165) is 6.42 Å². The van der Waals surface area contributed by atoms with Crippen molar-refractivity contribution in [3.63, 3.8) is 0 Å². The molecule has 0 aliphatic heterocycles. The topological polar surface area (TPSA) is 26.3 Å². The van der Waals surface area contributed by atoms with Crippen LogP contribution >= 0.6 is 11.6 Å². The van der Waals surface area contributed by atoms with Crippen LogP contribution in [0.5, 0.6) is 5.75 Å². The highest BCUT2D eigenvalue weighted by Gasteiger charge is 2.08. The Labute approximate surface area is 99.4 Å². The molecule has 0 saturated carbocycles. The van der Waals surface area contributed by atoms with Gasteiger partial charge in [0.25, 0.3) is 5.24 Å². The molecule has 1 aromatic rings. The van der Waals surface area contributed by atoms with E-state index < -0.39 is 11.1 Å². The molecule has 0 amide bonds. The van der Waals surface area contributed by atoms with E-state index in [1.54, 1.807) is 0 Å². The van der Waals surface area contributed by atoms with Crippen LogP contribution in [-0.2, 0) is 0 Å². The van der Waals surface area contributed by atoms with Crippen LogP contribution in [-0.4, -0.2) is 11.8 Å². The Morgan fingerprint density at radius 3 is 2.75 bits per heavy atom. The number of ether oxygens (including phenoxy) is 1. The highest BCUT2D eigenvalue weighted by Crippen LogP contribution is 2.20. The van der Waals surface area contributed by atoms with Crippen molar-refractivity contribution in [2.24, 2.45) is 5.92 Å². The van der Waals surface area contributed by atoms with Crippen LogP contribution in [0, 0.1) is 11.7 Å². The summed E-state index contributed by atoms with van der Waals surface area (Å²) in [6, 6.07) is 3.84. The number of benzene rings is 1. The Bertz CT molecular complexity index is 377. The summed E-state index contributed by atoms with van der Waals surface area (Å²) in [5.41, 5.74) is 0.239. The van der Waals surface area contributed by atoms with Crippen LogP contribution in [0.4, 0.5) is 4.39 Å². The van der Waals surface area contributed by atoms with Gasteiger partial charge in [-0.2, -0.15) is 0 Å². The van der Waals surface area contributed by atoms with Crippen LogP contribution in [0.2, 0.25) is 0 Å². The van der Waals surface area contributed by atoms with Gasteiger partial charge in [-0.05, 0) is 42.1 Å². The van der Waals surface area contributed by atoms with E-state index in [0.29, 0.717) is 12.5 Å². The third kappa shape index (κ3) is 3.81. The number of halogens is 2. The van der Waals surface area contributed by atoms with Crippen molar-refractivity contribution in [2.75, 3.05) is 6.61 Å². The van der Waals surface area contributed by atoms with E-state index >= 15 is 0 Å². The third-order valence-electron chi connectivity index (χ3n) is 2.11. The van der Waals surface area contributed by atoms with Crippen LogP contribution < -0.4 is 4.74 Å². The van der Waals surface area contributed by atoms with Gasteiger partial charge >= 0.3 is 0 Å². The highest BCUT2D eigenvalue weighted by atomic mass is 35.5. The van der Waals surface area contributed by atoms with Crippen molar-refractivity contribution >= 4 is 16.8 Å². The predicted molar refractivity (Wildman–Crippen MR) is 61.5 cm³/mol. The smallest absolute Gasteiger partial charge is 0.252 e. The molecule has 0 spiro atoms. The van der Waals surface area contributed by atoms with E-state index in [2.05, 4.69) is 13.8 Å². The van der Waals surface area contributed by atoms with E-state index in [9.17, 15) is 9.18 Å². The monoisotopic (exact) mass is 244 g/mol. The minimum absolute atomic E-state index is 0.0761. The fourth-order valence-corrected chi connectivity index (χ4v) is 1.26. The standard InChI is InChI=1S/C12H14ClFO2/c1-8(2)5-6-16-11-7-9(12(13)15)3-4-10(11)14/h3-4,7-8H,5-6H2,1-2H3. The van der Waals surface area contributed by atoms with Gasteiger partial charge in [0.05, 0.1) is 6.61 Å². The average Bonchev–Trinajstić information content (AvgIpc) is 2.20. The van der Waals surface area contributed by atoms with Crippen molar-refractivity contribution in [3.8, 4) is 5.75 Å². The van der Waals surface area contributed by atoms with Crippen molar-refractivity contribution < 1.29 is 13.9 Å². The van der Waals surface area contributed by atoms with Gasteiger partial charge in [0.15, 0.2) is 11.6 Å². The second-order valence-corrected chi connectivity index (χ2v) is 4.29. The summed E-state index contributed by atoms with van der Waals surface area (Å²) in [7, 11) is 0. The van der Waals surface area contributed by atoms with Crippen molar-refractivity contribution in [1.29, 1.82) is 0 Å². The summed E-state index contributed by atoms with van der Waals surface area (Å²) >= 11 is 5.30. The van der Waals surface area contributed by atoms with Gasteiger partial charge in [0, 0.05) is 5.56 Å².